The largest absolute Gasteiger partial charge is 0.467 e. The summed E-state index contributed by atoms with van der Waals surface area (Å²) in [5.74, 6) is 0.544. The molecule has 3 rings (SSSR count). The van der Waals surface area contributed by atoms with Gasteiger partial charge < -0.3 is 24.6 Å². The lowest BCUT2D eigenvalue weighted by Gasteiger charge is -2.23. The molecule has 2 aromatic rings. The van der Waals surface area contributed by atoms with Crippen LogP contribution in [-0.2, 0) is 16.1 Å². The molecular weight excluding hydrogens is 310 g/mol. The van der Waals surface area contributed by atoms with Gasteiger partial charge in [-0.25, -0.2) is 4.79 Å². The average Bonchev–Trinajstić information content (AvgIpc) is 3.09. The predicted molar refractivity (Wildman–Crippen MR) is 86.6 cm³/mol. The summed E-state index contributed by atoms with van der Waals surface area (Å²) < 4.78 is 15.3. The highest BCUT2D eigenvalue weighted by molar-refractivity contribution is 5.75. The van der Waals surface area contributed by atoms with Crippen molar-refractivity contribution in [2.45, 2.75) is 18.7 Å². The zero-order valence-electron chi connectivity index (χ0n) is 13.3. The van der Waals surface area contributed by atoms with Crippen LogP contribution in [0, 0.1) is 0 Å². The Kier molecular flexibility index (Phi) is 4.98. The first kappa shape index (κ1) is 16.3. The Labute approximate surface area is 140 Å². The van der Waals surface area contributed by atoms with Crippen molar-refractivity contribution in [1.29, 1.82) is 0 Å². The molecule has 24 heavy (non-hydrogen) atoms. The second-order valence-corrected chi connectivity index (χ2v) is 5.42. The van der Waals surface area contributed by atoms with Crippen LogP contribution < -0.4 is 14.8 Å². The fourth-order valence-electron chi connectivity index (χ4n) is 2.60. The van der Waals surface area contributed by atoms with E-state index >= 15 is 0 Å². The lowest BCUT2D eigenvalue weighted by molar-refractivity contribution is -0.152. The number of nitrogens with one attached hydrogen (secondary N) is 1. The molecule has 0 unspecified atom stereocenters. The van der Waals surface area contributed by atoms with Gasteiger partial charge in [-0.2, -0.15) is 0 Å². The molecule has 0 aliphatic carbocycles. The van der Waals surface area contributed by atoms with Crippen molar-refractivity contribution in [3.8, 4) is 11.5 Å². The maximum atomic E-state index is 11.8. The van der Waals surface area contributed by atoms with Gasteiger partial charge in [0.15, 0.2) is 17.6 Å². The van der Waals surface area contributed by atoms with E-state index in [1.807, 2.05) is 30.3 Å². The maximum absolute atomic E-state index is 11.8. The molecule has 2 aromatic carbocycles. The second kappa shape index (κ2) is 7.33. The Morgan fingerprint density at radius 2 is 1.96 bits per heavy atom. The van der Waals surface area contributed by atoms with Crippen molar-refractivity contribution in [2.75, 3.05) is 13.9 Å². The second-order valence-electron chi connectivity index (χ2n) is 5.42. The first-order valence-corrected chi connectivity index (χ1v) is 7.62. The van der Waals surface area contributed by atoms with E-state index in [4.69, 9.17) is 9.47 Å². The first-order valence-electron chi connectivity index (χ1n) is 7.62. The highest BCUT2D eigenvalue weighted by Gasteiger charge is 2.29. The zero-order valence-corrected chi connectivity index (χ0v) is 13.3. The summed E-state index contributed by atoms with van der Waals surface area (Å²) in [5.41, 5.74) is 1.76. The van der Waals surface area contributed by atoms with Gasteiger partial charge in [0.25, 0.3) is 0 Å². The summed E-state index contributed by atoms with van der Waals surface area (Å²) in [6, 6.07) is 14.4. The topological polar surface area (TPSA) is 77.0 Å². The van der Waals surface area contributed by atoms with Crippen molar-refractivity contribution in [3.05, 3.63) is 59.7 Å². The van der Waals surface area contributed by atoms with E-state index in [0.717, 1.165) is 5.56 Å². The van der Waals surface area contributed by atoms with Gasteiger partial charge in [0, 0.05) is 6.54 Å². The average molecular weight is 329 g/mol. The van der Waals surface area contributed by atoms with Gasteiger partial charge in [-0.1, -0.05) is 36.4 Å². The number of esters is 1. The number of carbonyl (C=O) groups is 1. The van der Waals surface area contributed by atoms with Gasteiger partial charge in [-0.05, 0) is 23.3 Å². The summed E-state index contributed by atoms with van der Waals surface area (Å²) in [7, 11) is 1.25. The Morgan fingerprint density at radius 1 is 1.21 bits per heavy atom. The molecule has 0 spiro atoms. The number of methoxy groups -OCH3 is 1. The Bertz CT molecular complexity index is 704. The van der Waals surface area contributed by atoms with Crippen molar-refractivity contribution in [3.63, 3.8) is 0 Å². The van der Waals surface area contributed by atoms with Crippen LogP contribution in [0.25, 0.3) is 0 Å². The lowest BCUT2D eigenvalue weighted by atomic mass is 10.00. The van der Waals surface area contributed by atoms with Gasteiger partial charge in [0.2, 0.25) is 6.79 Å². The molecule has 0 amide bonds. The third-order valence-corrected chi connectivity index (χ3v) is 3.88. The number of fused-ring (bicyclic) bond motifs is 1. The van der Waals surface area contributed by atoms with Gasteiger partial charge >= 0.3 is 5.97 Å². The van der Waals surface area contributed by atoms with Gasteiger partial charge in [0.1, 0.15) is 0 Å². The van der Waals surface area contributed by atoms with Gasteiger partial charge in [-0.3, -0.25) is 0 Å². The molecular formula is C18H19NO5. The van der Waals surface area contributed by atoms with E-state index in [2.05, 4.69) is 10.1 Å². The summed E-state index contributed by atoms with van der Waals surface area (Å²) in [6.45, 7) is 0.661. The first-order chi connectivity index (χ1) is 11.7. The van der Waals surface area contributed by atoms with Crippen LogP contribution >= 0.6 is 0 Å². The minimum Gasteiger partial charge on any atom is -0.467 e. The van der Waals surface area contributed by atoms with Crippen molar-refractivity contribution < 1.29 is 24.1 Å². The highest BCUT2D eigenvalue weighted by Crippen LogP contribution is 2.35. The molecule has 1 heterocycles. The fourth-order valence-corrected chi connectivity index (χ4v) is 2.60. The Morgan fingerprint density at radius 3 is 2.71 bits per heavy atom. The van der Waals surface area contributed by atoms with Crippen molar-refractivity contribution in [2.24, 2.45) is 0 Å². The van der Waals surface area contributed by atoms with Crippen LogP contribution in [0.3, 0.4) is 0 Å². The number of hydrogen-bond acceptors (Lipinski definition) is 6. The smallest absolute Gasteiger partial charge is 0.336 e. The van der Waals surface area contributed by atoms with Crippen molar-refractivity contribution in [1.82, 2.24) is 5.32 Å². The summed E-state index contributed by atoms with van der Waals surface area (Å²) in [6.07, 6.45) is -1.33. The molecule has 126 valence electrons. The maximum Gasteiger partial charge on any atom is 0.336 e. The Hall–Kier alpha value is -2.57. The fraction of sp³-hybridized carbons (Fsp3) is 0.278. The molecule has 1 aliphatic heterocycles. The zero-order chi connectivity index (χ0) is 16.9. The van der Waals surface area contributed by atoms with E-state index < -0.39 is 18.1 Å². The third-order valence-electron chi connectivity index (χ3n) is 3.88. The third kappa shape index (κ3) is 3.50. The molecule has 0 fully saturated rings. The van der Waals surface area contributed by atoms with Gasteiger partial charge in [0.05, 0.1) is 13.2 Å². The SMILES string of the molecule is COC(=O)[C@H](O)[C@@H](NCc1ccccc1)c1ccc2c(c1)OCO2. The van der Waals surface area contributed by atoms with E-state index in [9.17, 15) is 9.90 Å². The summed E-state index contributed by atoms with van der Waals surface area (Å²) in [5, 5.41) is 13.6. The summed E-state index contributed by atoms with van der Waals surface area (Å²) in [4.78, 5) is 11.8. The molecule has 0 aromatic heterocycles. The highest BCUT2D eigenvalue weighted by atomic mass is 16.7. The van der Waals surface area contributed by atoms with Crippen LogP contribution in [0.2, 0.25) is 0 Å². The van der Waals surface area contributed by atoms with Crippen molar-refractivity contribution >= 4 is 5.97 Å². The number of rotatable bonds is 6. The number of hydrogen-bond donors (Lipinski definition) is 2. The standard InChI is InChI=1S/C18H19NO5/c1-22-18(21)17(20)16(19-10-12-5-3-2-4-6-12)13-7-8-14-15(9-13)24-11-23-14/h2-9,16-17,19-20H,10-11H2,1H3/t16-,17+/m0/s1. The normalized spacial score (nSPS) is 14.9. The molecule has 6 nitrogen and oxygen atoms in total. The van der Waals surface area contributed by atoms with E-state index in [-0.39, 0.29) is 6.79 Å². The number of carbonyl (C=O) groups excluding carboxylic acids is 1. The molecule has 0 bridgehead atoms. The van der Waals surface area contributed by atoms with E-state index in [0.29, 0.717) is 23.6 Å². The number of aliphatic hydroxyl groups is 1. The molecule has 0 radical (unpaired) electrons. The quantitative estimate of drug-likeness (QED) is 0.787. The van der Waals surface area contributed by atoms with Crippen LogP contribution in [0.4, 0.5) is 0 Å². The minimum absolute atomic E-state index is 0.167. The molecule has 0 saturated carbocycles. The molecule has 6 heteroatoms. The summed E-state index contributed by atoms with van der Waals surface area (Å²) >= 11 is 0. The molecule has 0 saturated heterocycles. The minimum atomic E-state index is -1.33. The molecule has 2 atom stereocenters. The number of benzene rings is 2. The predicted octanol–water partition coefficient (Wildman–Crippen LogP) is 1.78. The monoisotopic (exact) mass is 329 g/mol. The van der Waals surface area contributed by atoms with E-state index in [1.165, 1.54) is 7.11 Å². The van der Waals surface area contributed by atoms with E-state index in [1.54, 1.807) is 18.2 Å². The number of ether oxygens (including phenoxy) is 3. The van der Waals surface area contributed by atoms with Crippen LogP contribution in [0.1, 0.15) is 17.2 Å². The van der Waals surface area contributed by atoms with Crippen LogP contribution in [-0.4, -0.2) is 31.1 Å². The van der Waals surface area contributed by atoms with Gasteiger partial charge in [-0.15, -0.1) is 0 Å². The molecule has 2 N–H and O–H groups in total. The molecule has 1 aliphatic rings. The van der Waals surface area contributed by atoms with Crippen LogP contribution in [0.5, 0.6) is 11.5 Å². The van der Waals surface area contributed by atoms with Crippen LogP contribution in [0.15, 0.2) is 48.5 Å². The number of aliphatic hydroxyl groups excluding tert-OH is 1. The Balaban J connectivity index is 1.82. The lowest BCUT2D eigenvalue weighted by Crippen LogP contribution is -2.37.